The van der Waals surface area contributed by atoms with Gasteiger partial charge in [-0.2, -0.15) is 5.10 Å². The first-order valence-electron chi connectivity index (χ1n) is 9.96. The summed E-state index contributed by atoms with van der Waals surface area (Å²) in [6, 6.07) is 10.9. The van der Waals surface area contributed by atoms with Gasteiger partial charge < -0.3 is 10.6 Å². The predicted octanol–water partition coefficient (Wildman–Crippen LogP) is 2.66. The van der Waals surface area contributed by atoms with E-state index in [0.717, 1.165) is 24.7 Å². The molecule has 27 heavy (non-hydrogen) atoms. The summed E-state index contributed by atoms with van der Waals surface area (Å²) in [5.41, 5.74) is 3.80. The lowest BCUT2D eigenvalue weighted by Crippen LogP contribution is -2.36. The minimum absolute atomic E-state index is 0.700. The normalized spacial score (nSPS) is 16.1. The number of aromatic nitrogens is 2. The number of hydrogen-bond donors (Lipinski definition) is 2. The Hall–Kier alpha value is -2.34. The molecule has 6 heteroatoms. The Morgan fingerprint density at radius 1 is 1.04 bits per heavy atom. The number of rotatable bonds is 6. The third-order valence-corrected chi connectivity index (χ3v) is 5.14. The Kier molecular flexibility index (Phi) is 7.27. The fraction of sp³-hybridized carbons (Fsp3) is 0.524. The molecule has 1 saturated heterocycles. The van der Waals surface area contributed by atoms with Crippen LogP contribution in [0.5, 0.6) is 0 Å². The largest absolute Gasteiger partial charge is 0.352 e. The van der Waals surface area contributed by atoms with Gasteiger partial charge in [0.1, 0.15) is 0 Å². The first kappa shape index (κ1) is 19.4. The molecule has 0 bridgehead atoms. The summed E-state index contributed by atoms with van der Waals surface area (Å²) in [6.07, 6.45) is 7.24. The van der Waals surface area contributed by atoms with Gasteiger partial charge >= 0.3 is 0 Å². The Balaban J connectivity index is 1.50. The minimum atomic E-state index is 0.700. The van der Waals surface area contributed by atoms with Crippen LogP contribution in [0.2, 0.25) is 0 Å². The van der Waals surface area contributed by atoms with Crippen LogP contribution < -0.4 is 10.6 Å². The fourth-order valence-corrected chi connectivity index (χ4v) is 3.55. The second kappa shape index (κ2) is 10.1. The summed E-state index contributed by atoms with van der Waals surface area (Å²) < 4.78 is 1.87. The molecule has 0 aliphatic carbocycles. The maximum atomic E-state index is 4.32. The molecular weight excluding hydrogens is 336 g/mol. The topological polar surface area (TPSA) is 57.5 Å². The van der Waals surface area contributed by atoms with Gasteiger partial charge in [0.2, 0.25) is 0 Å². The van der Waals surface area contributed by atoms with Gasteiger partial charge in [0.15, 0.2) is 5.96 Å². The third kappa shape index (κ3) is 6.10. The minimum Gasteiger partial charge on any atom is -0.352 e. The van der Waals surface area contributed by atoms with Gasteiger partial charge in [-0.25, -0.2) is 0 Å². The van der Waals surface area contributed by atoms with Gasteiger partial charge in [-0.15, -0.1) is 0 Å². The zero-order valence-corrected chi connectivity index (χ0v) is 16.6. The first-order valence-corrected chi connectivity index (χ1v) is 9.96. The molecule has 0 atom stereocenters. The Bertz CT molecular complexity index is 728. The summed E-state index contributed by atoms with van der Waals surface area (Å²) in [5.74, 6) is 0.800. The molecule has 0 spiro atoms. The molecule has 0 saturated carbocycles. The highest BCUT2D eigenvalue weighted by Gasteiger charge is 2.09. The molecule has 2 N–H and O–H groups in total. The lowest BCUT2D eigenvalue weighted by Gasteiger charge is -2.20. The number of aryl methyl sites for hydroxylation is 1. The van der Waals surface area contributed by atoms with Crippen molar-refractivity contribution in [3.63, 3.8) is 0 Å². The number of guanidine groups is 1. The van der Waals surface area contributed by atoms with Crippen molar-refractivity contribution < 1.29 is 0 Å². The van der Waals surface area contributed by atoms with Gasteiger partial charge in [0, 0.05) is 33.4 Å². The van der Waals surface area contributed by atoms with E-state index < -0.39 is 0 Å². The third-order valence-electron chi connectivity index (χ3n) is 5.14. The fourth-order valence-electron chi connectivity index (χ4n) is 3.55. The van der Waals surface area contributed by atoms with Crippen LogP contribution in [0.15, 0.2) is 41.5 Å². The zero-order chi connectivity index (χ0) is 18.9. The molecule has 1 aromatic carbocycles. The number of nitrogens with one attached hydrogen (secondary N) is 2. The molecule has 1 aliphatic rings. The molecule has 0 amide bonds. The van der Waals surface area contributed by atoms with Crippen molar-refractivity contribution in [3.8, 4) is 0 Å². The molecule has 1 fully saturated rings. The van der Waals surface area contributed by atoms with Gasteiger partial charge in [0.25, 0.3) is 0 Å². The van der Waals surface area contributed by atoms with Crippen molar-refractivity contribution in [1.29, 1.82) is 0 Å². The molecule has 146 valence electrons. The van der Waals surface area contributed by atoms with Crippen LogP contribution in [-0.4, -0.2) is 40.8 Å². The van der Waals surface area contributed by atoms with Crippen molar-refractivity contribution in [2.45, 2.75) is 45.3 Å². The zero-order valence-electron chi connectivity index (χ0n) is 16.6. The number of benzene rings is 1. The Labute approximate surface area is 162 Å². The standard InChI is InChI=1S/C21H32N6/c1-22-21(24-16-20-10-11-25-26(20)2)23-15-18-8-7-9-19(14-18)17-27-12-5-3-4-6-13-27/h7-11,14H,3-6,12-13,15-17H2,1-2H3,(H2,22,23,24). The summed E-state index contributed by atoms with van der Waals surface area (Å²) in [4.78, 5) is 6.91. The lowest BCUT2D eigenvalue weighted by atomic mass is 10.1. The monoisotopic (exact) mass is 368 g/mol. The van der Waals surface area contributed by atoms with E-state index in [-0.39, 0.29) is 0 Å². The molecule has 3 rings (SSSR count). The average molecular weight is 369 g/mol. The SMILES string of the molecule is CN=C(NCc1cccc(CN2CCCCCC2)c1)NCc1ccnn1C. The number of nitrogens with zero attached hydrogens (tertiary/aromatic N) is 4. The van der Waals surface area contributed by atoms with Crippen molar-refractivity contribution in [1.82, 2.24) is 25.3 Å². The van der Waals surface area contributed by atoms with Crippen LogP contribution in [0.4, 0.5) is 0 Å². The van der Waals surface area contributed by atoms with Crippen molar-refractivity contribution >= 4 is 5.96 Å². The van der Waals surface area contributed by atoms with Crippen LogP contribution in [-0.2, 0) is 26.7 Å². The Morgan fingerprint density at radius 2 is 1.78 bits per heavy atom. The second-order valence-electron chi connectivity index (χ2n) is 7.24. The quantitative estimate of drug-likeness (QED) is 0.608. The summed E-state index contributed by atoms with van der Waals surface area (Å²) in [7, 11) is 3.75. The maximum absolute atomic E-state index is 4.32. The molecule has 6 nitrogen and oxygen atoms in total. The average Bonchev–Trinajstić information content (AvgIpc) is 2.92. The Morgan fingerprint density at radius 3 is 2.48 bits per heavy atom. The van der Waals surface area contributed by atoms with E-state index >= 15 is 0 Å². The molecule has 0 unspecified atom stereocenters. The highest BCUT2D eigenvalue weighted by Crippen LogP contribution is 2.14. The van der Waals surface area contributed by atoms with Crippen molar-refractivity contribution in [2.75, 3.05) is 20.1 Å². The van der Waals surface area contributed by atoms with Crippen molar-refractivity contribution in [2.24, 2.45) is 12.0 Å². The van der Waals surface area contributed by atoms with E-state index in [9.17, 15) is 0 Å². The summed E-state index contributed by atoms with van der Waals surface area (Å²) in [6.45, 7) is 4.98. The second-order valence-corrected chi connectivity index (χ2v) is 7.24. The van der Waals surface area contributed by atoms with Gasteiger partial charge in [0.05, 0.1) is 12.2 Å². The van der Waals surface area contributed by atoms with E-state index in [1.54, 1.807) is 7.05 Å². The molecule has 2 heterocycles. The van der Waals surface area contributed by atoms with E-state index in [2.05, 4.69) is 49.9 Å². The van der Waals surface area contributed by atoms with Gasteiger partial charge in [-0.1, -0.05) is 37.1 Å². The molecular formula is C21H32N6. The van der Waals surface area contributed by atoms with Crippen molar-refractivity contribution in [3.05, 3.63) is 53.3 Å². The smallest absolute Gasteiger partial charge is 0.191 e. The first-order chi connectivity index (χ1) is 13.2. The van der Waals surface area contributed by atoms with Crippen LogP contribution in [0, 0.1) is 0 Å². The number of likely N-dealkylation sites (tertiary alicyclic amines) is 1. The highest BCUT2D eigenvalue weighted by atomic mass is 15.3. The van der Waals surface area contributed by atoms with Crippen LogP contribution in [0.25, 0.3) is 0 Å². The molecule has 1 aromatic heterocycles. The predicted molar refractivity (Wildman–Crippen MR) is 110 cm³/mol. The van der Waals surface area contributed by atoms with E-state index in [4.69, 9.17) is 0 Å². The summed E-state index contributed by atoms with van der Waals surface area (Å²) in [5, 5.41) is 10.9. The molecule has 0 radical (unpaired) electrons. The molecule has 1 aliphatic heterocycles. The highest BCUT2D eigenvalue weighted by molar-refractivity contribution is 5.79. The van der Waals surface area contributed by atoms with Crippen LogP contribution >= 0.6 is 0 Å². The maximum Gasteiger partial charge on any atom is 0.191 e. The number of hydrogen-bond acceptors (Lipinski definition) is 3. The molecule has 2 aromatic rings. The van der Waals surface area contributed by atoms with Gasteiger partial charge in [-0.3, -0.25) is 14.6 Å². The lowest BCUT2D eigenvalue weighted by molar-refractivity contribution is 0.277. The van der Waals surface area contributed by atoms with E-state index in [1.165, 1.54) is 49.9 Å². The van der Waals surface area contributed by atoms with E-state index in [0.29, 0.717) is 6.54 Å². The van der Waals surface area contributed by atoms with Crippen LogP contribution in [0.1, 0.15) is 42.5 Å². The number of aliphatic imine (C=N–C) groups is 1. The van der Waals surface area contributed by atoms with E-state index in [1.807, 2.05) is 24.0 Å². The van der Waals surface area contributed by atoms with Gasteiger partial charge in [-0.05, 0) is 43.1 Å². The summed E-state index contributed by atoms with van der Waals surface area (Å²) >= 11 is 0. The van der Waals surface area contributed by atoms with Crippen LogP contribution in [0.3, 0.4) is 0 Å².